The van der Waals surface area contributed by atoms with Crippen molar-refractivity contribution in [2.45, 2.75) is 134 Å². The lowest BCUT2D eigenvalue weighted by Gasteiger charge is -2.72. The van der Waals surface area contributed by atoms with Gasteiger partial charge in [-0.15, -0.1) is 0 Å². The van der Waals surface area contributed by atoms with Crippen LogP contribution in [-0.4, -0.2) is 65.1 Å². The molecule has 1 aromatic rings. The zero-order valence-corrected chi connectivity index (χ0v) is 37.2. The zero-order chi connectivity index (χ0) is 42.1. The molecule has 7 aliphatic carbocycles. The van der Waals surface area contributed by atoms with Crippen molar-refractivity contribution in [3.63, 3.8) is 0 Å². The monoisotopic (exact) mass is 847 g/mol. The number of piperidine rings is 2. The molecular weight excluding hydrogens is 783 g/mol. The van der Waals surface area contributed by atoms with Crippen LogP contribution in [0.15, 0.2) is 87.6 Å². The summed E-state index contributed by atoms with van der Waals surface area (Å²) in [6.07, 6.45) is 27.0. The van der Waals surface area contributed by atoms with Gasteiger partial charge in [-0.2, -0.15) is 0 Å². The van der Waals surface area contributed by atoms with Crippen molar-refractivity contribution in [2.75, 3.05) is 26.2 Å². The molecule has 12 bridgehead atoms. The lowest BCUT2D eigenvalue weighted by molar-refractivity contribution is -0.279. The molecule has 9 heterocycles. The average Bonchev–Trinajstić information content (AvgIpc) is 3.75. The number of carbonyl (C=O) groups excluding carboxylic acids is 2. The maximum Gasteiger partial charge on any atom is 0.339 e. The third-order valence-electron chi connectivity index (χ3n) is 20.2. The summed E-state index contributed by atoms with van der Waals surface area (Å²) in [5.74, 6) is 3.01. The molecule has 17 rings (SSSR count). The van der Waals surface area contributed by atoms with Gasteiger partial charge in [-0.25, -0.2) is 4.79 Å². The number of nitrogens with zero attached hydrogens (tertiary/aromatic N) is 2. The van der Waals surface area contributed by atoms with E-state index in [1.165, 1.54) is 66.4 Å². The Balaban J connectivity index is 1.07. The highest BCUT2D eigenvalue weighted by atomic mass is 16.6. The van der Waals surface area contributed by atoms with Crippen molar-refractivity contribution in [1.29, 1.82) is 0 Å². The number of aryl methyl sites for hydroxylation is 1. The number of esters is 2. The van der Waals surface area contributed by atoms with Crippen LogP contribution in [0.4, 0.5) is 0 Å². The third kappa shape index (κ3) is 4.62. The number of hydrogen-bond acceptors (Lipinski definition) is 8. The second-order valence-electron chi connectivity index (χ2n) is 22.9. The van der Waals surface area contributed by atoms with E-state index in [0.29, 0.717) is 78.7 Å². The Bertz CT molecular complexity index is 2450. The molecule has 6 fully saturated rings. The van der Waals surface area contributed by atoms with Crippen LogP contribution in [0.2, 0.25) is 0 Å². The Kier molecular flexibility index (Phi) is 8.14. The van der Waals surface area contributed by atoms with E-state index in [1.807, 2.05) is 0 Å². The number of fused-ring (bicyclic) bond motifs is 3. The smallest absolute Gasteiger partial charge is 0.339 e. The highest BCUT2D eigenvalue weighted by Crippen LogP contribution is 2.88. The van der Waals surface area contributed by atoms with E-state index in [9.17, 15) is 9.90 Å². The van der Waals surface area contributed by atoms with Gasteiger partial charge < -0.3 is 25.2 Å². The molecule has 330 valence electrons. The first-order chi connectivity index (χ1) is 30.8. The lowest BCUT2D eigenvalue weighted by atomic mass is 9.27. The summed E-state index contributed by atoms with van der Waals surface area (Å²) < 4.78 is 14.3. The van der Waals surface area contributed by atoms with Crippen LogP contribution in [0, 0.1) is 58.2 Å². The SMILES string of the molecule is C[C@H]1CCC2=C3C=CC[C@H]4CC5=C6[C@@H](C7=C2[C@]28C(=O)O/C(=C(\O)C[C@@H](CC9CCCCC9)N9C[C@H]%10C[C@@H](C9)[C@H](C=C5)N6C%10)[C@@]2(CC7)[C@]2(OC(=O)c5c(CCCN)cccc52)[C@H]8C1)[C@@H]34. The second kappa shape index (κ2) is 13.4. The Labute approximate surface area is 372 Å². The molecule has 1 unspecified atom stereocenters. The zero-order valence-electron chi connectivity index (χ0n) is 37.2. The van der Waals surface area contributed by atoms with Gasteiger partial charge in [-0.3, -0.25) is 9.69 Å². The largest absolute Gasteiger partial charge is 0.509 e. The fourth-order valence-corrected chi connectivity index (χ4v) is 18.3. The van der Waals surface area contributed by atoms with Gasteiger partial charge in [-0.05, 0) is 141 Å². The summed E-state index contributed by atoms with van der Waals surface area (Å²) in [6.45, 7) is 6.06. The topological polar surface area (TPSA) is 105 Å². The predicted molar refractivity (Wildman–Crippen MR) is 240 cm³/mol. The molecule has 0 aromatic heterocycles. The molecule has 9 aliphatic heterocycles. The quantitative estimate of drug-likeness (QED) is 0.283. The first-order valence-corrected chi connectivity index (χ1v) is 25.5. The lowest BCUT2D eigenvalue weighted by Crippen LogP contribution is -2.77. The number of nitrogens with two attached hydrogens (primary N) is 1. The van der Waals surface area contributed by atoms with Gasteiger partial charge in [0.05, 0.1) is 17.0 Å². The molecule has 8 nitrogen and oxygen atoms in total. The summed E-state index contributed by atoms with van der Waals surface area (Å²) in [7, 11) is 0. The van der Waals surface area contributed by atoms with Crippen LogP contribution in [-0.2, 0) is 26.3 Å². The first-order valence-electron chi connectivity index (χ1n) is 25.5. The fourth-order valence-electron chi connectivity index (χ4n) is 18.3. The van der Waals surface area contributed by atoms with Gasteiger partial charge in [0.2, 0.25) is 0 Å². The molecular formula is C55H65N3O5. The molecule has 0 amide bonds. The Hall–Kier alpha value is -3.88. The summed E-state index contributed by atoms with van der Waals surface area (Å²) in [4.78, 5) is 36.7. The van der Waals surface area contributed by atoms with Gasteiger partial charge >= 0.3 is 11.9 Å². The second-order valence-corrected chi connectivity index (χ2v) is 22.9. The minimum atomic E-state index is -1.14. The van der Waals surface area contributed by atoms with E-state index < -0.39 is 16.4 Å². The molecule has 3 saturated carbocycles. The fraction of sp³-hybridized carbons (Fsp3) is 0.636. The molecule has 13 atom stereocenters. The van der Waals surface area contributed by atoms with Crippen molar-refractivity contribution in [1.82, 2.24) is 9.80 Å². The standard InChI is InChI=1S/C55H65N3O5/c1-30-15-17-39-38-13-5-11-34-25-35-16-18-42-36-23-32-27-57(29-36)37(24-31-8-3-2-4-9-31)26-43(59)50-53-20-19-40(47(45(34)38)49(35)58(42)28-32)48(39)54(53,52(61)62-50)44(22-30)55(53)41-14-6-10-33(12-7-21-56)46(41)51(60)63-55/h5-6,10,13-14,16,18,30-32,34,36-37,42,44-45,47,59H,2-4,7-9,11-12,15,17,19-29,56H2,1H3/b50-43-/t30-,32+,34-,36-,37+,42-,44-,45+,47-,53+,54+,55+/m0/s1. The number of allylic oxidation sites excluding steroid dienone is 7. The number of benzene rings is 1. The summed E-state index contributed by atoms with van der Waals surface area (Å²) in [5, 5.41) is 13.3. The highest BCUT2D eigenvalue weighted by molar-refractivity contribution is 6.01. The molecule has 0 radical (unpaired) electrons. The van der Waals surface area contributed by atoms with Gasteiger partial charge in [0, 0.05) is 55.2 Å². The molecule has 1 aromatic carbocycles. The molecule has 16 aliphatic rings. The summed E-state index contributed by atoms with van der Waals surface area (Å²) in [5.41, 5.74) is 14.0. The van der Waals surface area contributed by atoms with Crippen molar-refractivity contribution < 1.29 is 24.2 Å². The van der Waals surface area contributed by atoms with Crippen LogP contribution in [0.3, 0.4) is 0 Å². The third-order valence-corrected chi connectivity index (χ3v) is 20.2. The molecule has 3 N–H and O–H groups in total. The number of rotatable bonds is 5. The number of carbonyl (C=O) groups is 2. The minimum Gasteiger partial charge on any atom is -0.509 e. The minimum absolute atomic E-state index is 0.140. The molecule has 3 saturated heterocycles. The van der Waals surface area contributed by atoms with Crippen LogP contribution >= 0.6 is 0 Å². The van der Waals surface area contributed by atoms with Gasteiger partial charge in [0.25, 0.3) is 0 Å². The van der Waals surface area contributed by atoms with E-state index in [0.717, 1.165) is 82.1 Å². The van der Waals surface area contributed by atoms with E-state index in [1.54, 1.807) is 5.70 Å². The van der Waals surface area contributed by atoms with E-state index >= 15 is 4.79 Å². The van der Waals surface area contributed by atoms with Crippen molar-refractivity contribution in [3.05, 3.63) is 104 Å². The van der Waals surface area contributed by atoms with E-state index in [2.05, 4.69) is 59.2 Å². The van der Waals surface area contributed by atoms with Crippen LogP contribution in [0.5, 0.6) is 0 Å². The van der Waals surface area contributed by atoms with Crippen molar-refractivity contribution in [2.24, 2.45) is 63.9 Å². The maximum atomic E-state index is 16.1. The van der Waals surface area contributed by atoms with Gasteiger partial charge in [0.15, 0.2) is 11.4 Å². The summed E-state index contributed by atoms with van der Waals surface area (Å²) >= 11 is 0. The average molecular weight is 848 g/mol. The maximum absolute atomic E-state index is 16.1. The summed E-state index contributed by atoms with van der Waals surface area (Å²) in [6, 6.07) is 6.82. The van der Waals surface area contributed by atoms with Crippen molar-refractivity contribution >= 4 is 11.9 Å². The number of aliphatic hydroxyl groups is 1. The van der Waals surface area contributed by atoms with Crippen molar-refractivity contribution in [3.8, 4) is 0 Å². The van der Waals surface area contributed by atoms with Crippen LogP contribution in [0.25, 0.3) is 0 Å². The van der Waals surface area contributed by atoms with E-state index in [-0.39, 0.29) is 35.6 Å². The first kappa shape index (κ1) is 38.4. The number of ether oxygens (including phenoxy) is 2. The Morgan fingerprint density at radius 3 is 2.75 bits per heavy atom. The normalized spacial score (nSPS) is 44.8. The predicted octanol–water partition coefficient (Wildman–Crippen LogP) is 9.49. The van der Waals surface area contributed by atoms with E-state index in [4.69, 9.17) is 15.2 Å². The number of hydrogen-bond donors (Lipinski definition) is 2. The van der Waals surface area contributed by atoms with Crippen LogP contribution < -0.4 is 5.73 Å². The van der Waals surface area contributed by atoms with Gasteiger partial charge in [0.1, 0.15) is 11.2 Å². The molecule has 63 heavy (non-hydrogen) atoms. The molecule has 3 spiro atoms. The molecule has 8 heteroatoms. The van der Waals surface area contributed by atoms with Gasteiger partial charge in [-0.1, -0.05) is 87.1 Å². The highest BCUT2D eigenvalue weighted by Gasteiger charge is 2.94. The van der Waals surface area contributed by atoms with Crippen LogP contribution in [0.1, 0.15) is 131 Å². The Morgan fingerprint density at radius 2 is 1.87 bits per heavy atom. The Morgan fingerprint density at radius 1 is 0.984 bits per heavy atom. The number of aliphatic hydroxyl groups excluding tert-OH is 1.